The molecular weight excluding hydrogens is 1160 g/mol. The van der Waals surface area contributed by atoms with Crippen LogP contribution >= 0.6 is 34.0 Å². The third kappa shape index (κ3) is 13.1. The number of para-hydroxylation sites is 1. The summed E-state index contributed by atoms with van der Waals surface area (Å²) in [6.07, 6.45) is 36.3. The number of hydrogen-bond acceptors (Lipinski definition) is 4. The van der Waals surface area contributed by atoms with Gasteiger partial charge in [0.2, 0.25) is 0 Å². The zero-order valence-electron chi connectivity index (χ0n) is 55.9. The van der Waals surface area contributed by atoms with Crippen LogP contribution in [0, 0.1) is 13.8 Å². The Bertz CT molecular complexity index is 4240. The van der Waals surface area contributed by atoms with E-state index >= 15 is 0 Å². The third-order valence-corrected chi connectivity index (χ3v) is 25.0. The third-order valence-electron chi connectivity index (χ3n) is 21.4. The Morgan fingerprint density at radius 3 is 1.14 bits per heavy atom. The number of thiophene rings is 2. The molecule has 0 aliphatic heterocycles. The number of aryl methyl sites for hydroxylation is 2. The molecule has 470 valence electrons. The summed E-state index contributed by atoms with van der Waals surface area (Å²) in [5.41, 5.74) is 25.0. The lowest BCUT2D eigenvalue weighted by Crippen LogP contribution is -2.25. The molecule has 0 saturated heterocycles. The molecule has 8 aromatic carbocycles. The lowest BCUT2D eigenvalue weighted by atomic mass is 9.69. The number of rotatable bonds is 32. The summed E-state index contributed by atoms with van der Waals surface area (Å²) < 4.78 is 6.92. The number of hydrogen-bond donors (Lipinski definition) is 0. The van der Waals surface area contributed by atoms with Gasteiger partial charge in [-0.05, 0) is 184 Å². The summed E-state index contributed by atoms with van der Waals surface area (Å²) in [5, 5.41) is 3.90. The highest BCUT2D eigenvalue weighted by Gasteiger charge is 2.44. The van der Waals surface area contributed by atoms with E-state index < -0.39 is 0 Å². The number of benzene rings is 8. The fourth-order valence-electron chi connectivity index (χ4n) is 16.4. The van der Waals surface area contributed by atoms with Gasteiger partial charge in [0.1, 0.15) is 5.01 Å². The summed E-state index contributed by atoms with van der Waals surface area (Å²) >= 11 is 5.79. The molecule has 1 nitrogen and oxygen atoms in total. The molecule has 91 heavy (non-hydrogen) atoms. The second-order valence-corrected chi connectivity index (χ2v) is 31.1. The van der Waals surface area contributed by atoms with Crippen molar-refractivity contribution in [2.24, 2.45) is 0 Å². The van der Waals surface area contributed by atoms with Gasteiger partial charge in [0, 0.05) is 36.6 Å². The van der Waals surface area contributed by atoms with Gasteiger partial charge in [0.25, 0.3) is 0 Å². The molecule has 2 aliphatic carbocycles. The van der Waals surface area contributed by atoms with Crippen LogP contribution in [0.2, 0.25) is 0 Å². The summed E-state index contributed by atoms with van der Waals surface area (Å²) in [4.78, 5) is 5.41. The molecule has 13 rings (SSSR count). The van der Waals surface area contributed by atoms with E-state index in [4.69, 9.17) is 4.98 Å². The molecule has 11 aromatic rings. The Kier molecular flexibility index (Phi) is 20.3. The van der Waals surface area contributed by atoms with Crippen molar-refractivity contribution in [3.05, 3.63) is 185 Å². The Balaban J connectivity index is 0.933. The van der Waals surface area contributed by atoms with E-state index in [1.165, 1.54) is 286 Å². The topological polar surface area (TPSA) is 12.9 Å². The van der Waals surface area contributed by atoms with Gasteiger partial charge in [-0.25, -0.2) is 4.98 Å². The average Bonchev–Trinajstić information content (AvgIpc) is 1.60. The zero-order chi connectivity index (χ0) is 62.3. The molecule has 0 unspecified atom stereocenters. The Hall–Kier alpha value is -6.17. The molecule has 3 aromatic heterocycles. The molecule has 0 spiro atoms. The van der Waals surface area contributed by atoms with Crippen molar-refractivity contribution < 1.29 is 0 Å². The summed E-state index contributed by atoms with van der Waals surface area (Å²) in [7, 11) is 0. The molecule has 3 heterocycles. The van der Waals surface area contributed by atoms with E-state index in [9.17, 15) is 0 Å². The maximum Gasteiger partial charge on any atom is 0.124 e. The highest BCUT2D eigenvalue weighted by Crippen LogP contribution is 2.58. The molecule has 0 N–H and O–H groups in total. The van der Waals surface area contributed by atoms with E-state index in [0.29, 0.717) is 0 Å². The van der Waals surface area contributed by atoms with Gasteiger partial charge in [0.15, 0.2) is 0 Å². The number of nitrogens with zero attached hydrogens (tertiary/aromatic N) is 1. The van der Waals surface area contributed by atoms with E-state index in [0.717, 1.165) is 10.5 Å². The Morgan fingerprint density at radius 2 is 0.659 bits per heavy atom. The van der Waals surface area contributed by atoms with Gasteiger partial charge in [-0.3, -0.25) is 0 Å². The van der Waals surface area contributed by atoms with E-state index in [-0.39, 0.29) is 10.8 Å². The van der Waals surface area contributed by atoms with Crippen molar-refractivity contribution in [1.29, 1.82) is 0 Å². The van der Waals surface area contributed by atoms with Crippen LogP contribution in [-0.2, 0) is 10.8 Å². The molecule has 0 amide bonds. The number of thiazole rings is 1. The summed E-state index contributed by atoms with van der Waals surface area (Å²) in [6, 6.07) is 61.2. The van der Waals surface area contributed by atoms with E-state index in [1.54, 1.807) is 22.3 Å². The van der Waals surface area contributed by atoms with Crippen molar-refractivity contribution in [1.82, 2.24) is 4.98 Å². The van der Waals surface area contributed by atoms with Gasteiger partial charge in [-0.2, -0.15) is 0 Å². The van der Waals surface area contributed by atoms with Crippen LogP contribution in [0.4, 0.5) is 0 Å². The first kappa shape index (κ1) is 63.6. The van der Waals surface area contributed by atoms with Gasteiger partial charge in [-0.1, -0.05) is 278 Å². The van der Waals surface area contributed by atoms with Gasteiger partial charge >= 0.3 is 0 Å². The van der Waals surface area contributed by atoms with Crippen LogP contribution in [0.15, 0.2) is 152 Å². The fraction of sp³-hybridized carbons (Fsp3) is 0.414. The first-order valence-corrected chi connectivity index (χ1v) is 38.6. The van der Waals surface area contributed by atoms with Crippen LogP contribution in [0.1, 0.15) is 241 Å². The monoisotopic (exact) mass is 1250 g/mol. The lowest BCUT2D eigenvalue weighted by molar-refractivity contribution is 0.398. The number of fused-ring (bicyclic) bond motifs is 12. The fourth-order valence-corrected chi connectivity index (χ4v) is 20.2. The van der Waals surface area contributed by atoms with E-state index in [2.05, 4.69) is 193 Å². The predicted molar refractivity (Wildman–Crippen MR) is 404 cm³/mol. The van der Waals surface area contributed by atoms with Crippen LogP contribution < -0.4 is 0 Å². The van der Waals surface area contributed by atoms with E-state index in [1.807, 2.05) is 34.0 Å². The molecule has 0 saturated carbocycles. The van der Waals surface area contributed by atoms with Crippen LogP contribution in [0.25, 0.3) is 106 Å². The molecular formula is C87H99NS3. The number of aromatic nitrogens is 1. The van der Waals surface area contributed by atoms with Crippen LogP contribution in [-0.4, -0.2) is 4.98 Å². The normalized spacial score (nSPS) is 13.7. The SMILES string of the molecule is CCCCCCCCC1(CCCCCCCC)c2cc(C)ccc2-c2ccc(-c3cc(-c4ccc5c(c4)C(CCCCCCCC)(CCCCCCCC)c4cc(-c6ccc7c(c6)sc6c8ccc(C)cc8sc76)ccc4-5)cc(-c4nc5ccccc5s4)c3)cc21. The summed E-state index contributed by atoms with van der Waals surface area (Å²) in [5.74, 6) is 0. The quantitative estimate of drug-likeness (QED) is 0.0383. The molecule has 2 aliphatic rings. The van der Waals surface area contributed by atoms with Crippen LogP contribution in [0.3, 0.4) is 0 Å². The number of unbranched alkanes of at least 4 members (excludes halogenated alkanes) is 20. The Labute approximate surface area is 558 Å². The molecule has 0 bridgehead atoms. The van der Waals surface area contributed by atoms with Crippen molar-refractivity contribution in [3.63, 3.8) is 0 Å². The first-order valence-electron chi connectivity index (χ1n) is 36.2. The largest absolute Gasteiger partial charge is 0.236 e. The van der Waals surface area contributed by atoms with Crippen molar-refractivity contribution >= 4 is 73.8 Å². The smallest absolute Gasteiger partial charge is 0.124 e. The molecule has 0 atom stereocenters. The zero-order valence-corrected chi connectivity index (χ0v) is 58.4. The molecule has 4 heteroatoms. The molecule has 0 fully saturated rings. The Morgan fingerprint density at radius 1 is 0.297 bits per heavy atom. The van der Waals surface area contributed by atoms with Crippen LogP contribution in [0.5, 0.6) is 0 Å². The minimum Gasteiger partial charge on any atom is -0.236 e. The highest BCUT2D eigenvalue weighted by molar-refractivity contribution is 7.36. The van der Waals surface area contributed by atoms with Gasteiger partial charge in [-0.15, -0.1) is 34.0 Å². The standard InChI is InChI=1S/C87H99NS3/c1-7-11-15-19-23-29-47-86(48-30-24-20-16-12-8-2)75-51-60(5)35-41-69(75)70-44-38-63(57-77(70)86)66-53-67(55-68(54-66)85-88-79-33-27-28-34-80(79)91-85)64-39-45-72-71-43-37-62(65-40-46-74-82(59-65)90-83-73-42-36-61(6)52-81(73)89-84(74)83)56-76(71)87(78(72)58-64,49-31-25-21-17-13-9-3)50-32-26-22-18-14-10-4/h27-28,33-46,51-59H,7-26,29-32,47-50H2,1-6H3. The average molecular weight is 1250 g/mol. The lowest BCUT2D eigenvalue weighted by Gasteiger charge is -2.33. The maximum absolute atomic E-state index is 5.41. The highest BCUT2D eigenvalue weighted by atomic mass is 32.1. The predicted octanol–water partition coefficient (Wildman–Crippen LogP) is 28.7. The second kappa shape index (κ2) is 29.0. The van der Waals surface area contributed by atoms with Crippen molar-refractivity contribution in [2.75, 3.05) is 0 Å². The van der Waals surface area contributed by atoms with Crippen molar-refractivity contribution in [2.45, 2.75) is 232 Å². The van der Waals surface area contributed by atoms with Gasteiger partial charge in [0.05, 0.1) is 19.6 Å². The minimum atomic E-state index is -0.0883. The minimum absolute atomic E-state index is 0.00200. The van der Waals surface area contributed by atoms with Gasteiger partial charge < -0.3 is 0 Å². The first-order chi connectivity index (χ1) is 44.7. The second-order valence-electron chi connectivity index (χ2n) is 27.9. The van der Waals surface area contributed by atoms with Crippen molar-refractivity contribution in [3.8, 4) is 66.2 Å². The molecule has 0 radical (unpaired) electrons. The summed E-state index contributed by atoms with van der Waals surface area (Å²) in [6.45, 7) is 13.9. The maximum atomic E-state index is 5.41.